The third kappa shape index (κ3) is 6.67. The van der Waals surface area contributed by atoms with Gasteiger partial charge < -0.3 is 15.1 Å². The molecule has 10 heteroatoms. The number of piperazine rings is 1. The number of benzene rings is 1. The van der Waals surface area contributed by atoms with Crippen LogP contribution in [0, 0.1) is 5.82 Å². The molecule has 0 saturated carbocycles. The number of hydrogen-bond donors (Lipinski definition) is 1. The Labute approximate surface area is 191 Å². The van der Waals surface area contributed by atoms with Crippen LogP contribution in [0.15, 0.2) is 59.6 Å². The third-order valence-corrected chi connectivity index (χ3v) is 5.29. The molecule has 1 aliphatic heterocycles. The zero-order chi connectivity index (χ0) is 24.0. The highest BCUT2D eigenvalue weighted by Gasteiger charge is 2.31. The molecule has 1 aromatic carbocycles. The molecule has 1 fully saturated rings. The number of nitrogens with one attached hydrogen (secondary N) is 1. The van der Waals surface area contributed by atoms with Crippen molar-refractivity contribution < 1.29 is 17.6 Å². The van der Waals surface area contributed by atoms with Crippen molar-refractivity contribution in [2.45, 2.75) is 19.6 Å². The van der Waals surface area contributed by atoms with Gasteiger partial charge in [0.2, 0.25) is 5.96 Å². The van der Waals surface area contributed by atoms with Crippen LogP contribution in [0.3, 0.4) is 0 Å². The van der Waals surface area contributed by atoms with Crippen LogP contribution in [0.4, 0.5) is 23.2 Å². The second-order valence-corrected chi connectivity index (χ2v) is 7.91. The predicted molar refractivity (Wildman–Crippen MR) is 121 cm³/mol. The minimum absolute atomic E-state index is 0.237. The third-order valence-electron chi connectivity index (χ3n) is 5.29. The smallest absolute Gasteiger partial charge is 0.354 e. The maximum atomic E-state index is 14.2. The van der Waals surface area contributed by atoms with Crippen LogP contribution in [0.2, 0.25) is 0 Å². The Bertz CT molecular complexity index is 980. The summed E-state index contributed by atoms with van der Waals surface area (Å²) in [5, 5.41) is 2.72. The molecule has 33 heavy (non-hydrogen) atoms. The summed E-state index contributed by atoms with van der Waals surface area (Å²) in [5.74, 6) is 0.118. The zero-order valence-electron chi connectivity index (χ0n) is 18.9. The maximum absolute atomic E-state index is 14.2. The predicted octanol–water partition coefficient (Wildman–Crippen LogP) is 4.25. The van der Waals surface area contributed by atoms with Crippen LogP contribution < -0.4 is 5.32 Å². The second-order valence-electron chi connectivity index (χ2n) is 7.91. The molecule has 2 aromatic rings. The minimum Gasteiger partial charge on any atom is -0.354 e. The molecule has 0 spiro atoms. The van der Waals surface area contributed by atoms with Crippen LogP contribution in [-0.2, 0) is 12.7 Å². The molecule has 1 aliphatic rings. The summed E-state index contributed by atoms with van der Waals surface area (Å²) >= 11 is 0. The van der Waals surface area contributed by atoms with E-state index < -0.39 is 17.6 Å². The quantitative estimate of drug-likeness (QED) is 0.407. The van der Waals surface area contributed by atoms with Crippen LogP contribution in [0.25, 0.3) is 0 Å². The van der Waals surface area contributed by atoms with Gasteiger partial charge >= 0.3 is 6.18 Å². The van der Waals surface area contributed by atoms with Crippen molar-refractivity contribution in [3.63, 3.8) is 0 Å². The van der Waals surface area contributed by atoms with E-state index in [0.717, 1.165) is 50.9 Å². The maximum Gasteiger partial charge on any atom is 0.416 e. The first-order valence-electron chi connectivity index (χ1n) is 10.6. The number of pyridine rings is 1. The first-order valence-corrected chi connectivity index (χ1v) is 10.6. The highest BCUT2D eigenvalue weighted by atomic mass is 19.4. The van der Waals surface area contributed by atoms with Crippen molar-refractivity contribution in [3.8, 4) is 0 Å². The number of nitrogens with zero attached hydrogens (tertiary/aromatic N) is 5. The minimum atomic E-state index is -4.57. The van der Waals surface area contributed by atoms with Gasteiger partial charge in [0.25, 0.3) is 0 Å². The summed E-state index contributed by atoms with van der Waals surface area (Å²) in [6.45, 7) is 5.84. The number of halogens is 4. The van der Waals surface area contributed by atoms with E-state index in [1.807, 2.05) is 25.1 Å². The molecule has 178 valence electrons. The van der Waals surface area contributed by atoms with Gasteiger partial charge in [-0.25, -0.2) is 4.39 Å². The lowest BCUT2D eigenvalue weighted by Gasteiger charge is -2.36. The summed E-state index contributed by atoms with van der Waals surface area (Å²) in [6, 6.07) is 6.26. The molecule has 1 aromatic heterocycles. The summed E-state index contributed by atoms with van der Waals surface area (Å²) in [6.07, 6.45) is 0.832. The van der Waals surface area contributed by atoms with Crippen molar-refractivity contribution in [1.29, 1.82) is 0 Å². The molecule has 3 rings (SSSR count). The highest BCUT2D eigenvalue weighted by Crippen LogP contribution is 2.32. The van der Waals surface area contributed by atoms with Crippen LogP contribution in [0.1, 0.15) is 18.1 Å². The molecular weight excluding hydrogens is 436 g/mol. The van der Waals surface area contributed by atoms with Crippen molar-refractivity contribution in [1.82, 2.24) is 19.7 Å². The van der Waals surface area contributed by atoms with E-state index in [-0.39, 0.29) is 11.6 Å². The monoisotopic (exact) mass is 464 g/mol. The van der Waals surface area contributed by atoms with E-state index in [1.54, 1.807) is 31.4 Å². The van der Waals surface area contributed by atoms with E-state index in [9.17, 15) is 17.6 Å². The summed E-state index contributed by atoms with van der Waals surface area (Å²) < 4.78 is 53.4. The van der Waals surface area contributed by atoms with Crippen LogP contribution in [-0.4, -0.2) is 65.9 Å². The van der Waals surface area contributed by atoms with Gasteiger partial charge in [0.1, 0.15) is 11.6 Å². The van der Waals surface area contributed by atoms with E-state index >= 15 is 0 Å². The normalized spacial score (nSPS) is 16.2. The molecule has 1 N–H and O–H groups in total. The SMILES string of the molecule is C/C=C(\N=C(\Nc1cc(C(F)(F)F)ccc1F)N(C)C)N1CCN(Cc2ccncc2)CC1. The lowest BCUT2D eigenvalue weighted by atomic mass is 10.2. The van der Waals surface area contributed by atoms with Crippen molar-refractivity contribution in [3.05, 3.63) is 71.6 Å². The van der Waals surface area contributed by atoms with Gasteiger partial charge in [-0.1, -0.05) is 0 Å². The van der Waals surface area contributed by atoms with Gasteiger partial charge in [-0.05, 0) is 48.9 Å². The molecule has 0 radical (unpaired) electrons. The first kappa shape index (κ1) is 24.5. The Kier molecular flexibility index (Phi) is 7.91. The molecule has 0 atom stereocenters. The van der Waals surface area contributed by atoms with Gasteiger partial charge in [-0.15, -0.1) is 0 Å². The lowest BCUT2D eigenvalue weighted by molar-refractivity contribution is -0.137. The van der Waals surface area contributed by atoms with Crippen LogP contribution in [0.5, 0.6) is 0 Å². The molecule has 1 saturated heterocycles. The van der Waals surface area contributed by atoms with Crippen molar-refractivity contribution in [2.75, 3.05) is 45.6 Å². The standard InChI is InChI=1S/C23H28F4N6/c1-4-21(33-13-11-32(12-14-33)16-17-7-9-28-10-8-17)30-22(31(2)3)29-20-15-18(23(25,26)27)5-6-19(20)24/h4-10,15H,11-14,16H2,1-3H3,(H,29,30)/b21-4+. The molecule has 6 nitrogen and oxygen atoms in total. The number of guanidine groups is 1. The fourth-order valence-corrected chi connectivity index (χ4v) is 3.47. The number of rotatable bonds is 5. The fraction of sp³-hybridized carbons (Fsp3) is 0.391. The van der Waals surface area contributed by atoms with Crippen LogP contribution >= 0.6 is 0 Å². The number of hydrogen-bond acceptors (Lipinski definition) is 4. The van der Waals surface area contributed by atoms with Gasteiger partial charge in [-0.2, -0.15) is 18.2 Å². The Morgan fingerprint density at radius 3 is 2.36 bits per heavy atom. The molecule has 0 unspecified atom stereocenters. The Hall–Kier alpha value is -3.14. The number of anilines is 1. The largest absolute Gasteiger partial charge is 0.416 e. The highest BCUT2D eigenvalue weighted by molar-refractivity contribution is 5.94. The Morgan fingerprint density at radius 1 is 1.12 bits per heavy atom. The Balaban J connectivity index is 1.71. The summed E-state index contributed by atoms with van der Waals surface area (Å²) in [5.41, 5.74) is -0.0130. The summed E-state index contributed by atoms with van der Waals surface area (Å²) in [4.78, 5) is 14.7. The zero-order valence-corrected chi connectivity index (χ0v) is 18.9. The molecule has 0 aliphatic carbocycles. The van der Waals surface area contributed by atoms with Gasteiger partial charge in [0.05, 0.1) is 11.3 Å². The van der Waals surface area contributed by atoms with E-state index in [0.29, 0.717) is 5.82 Å². The number of aromatic nitrogens is 1. The van der Waals surface area contributed by atoms with Crippen molar-refractivity contribution >= 4 is 11.6 Å². The molecule has 0 bridgehead atoms. The lowest BCUT2D eigenvalue weighted by Crippen LogP contribution is -2.45. The van der Waals surface area contributed by atoms with Gasteiger partial charge in [0, 0.05) is 59.2 Å². The Morgan fingerprint density at radius 2 is 1.79 bits per heavy atom. The topological polar surface area (TPSA) is 47.0 Å². The first-order chi connectivity index (χ1) is 15.7. The van der Waals surface area contributed by atoms with E-state index in [1.165, 1.54) is 5.56 Å². The van der Waals surface area contributed by atoms with E-state index in [4.69, 9.17) is 0 Å². The average Bonchev–Trinajstić information content (AvgIpc) is 2.78. The van der Waals surface area contributed by atoms with Gasteiger partial charge in [0.15, 0.2) is 0 Å². The molecular formula is C23H28F4N6. The number of allylic oxidation sites excluding steroid dienone is 1. The fourth-order valence-electron chi connectivity index (χ4n) is 3.47. The second kappa shape index (κ2) is 10.7. The molecule has 2 heterocycles. The van der Waals surface area contributed by atoms with Gasteiger partial charge in [-0.3, -0.25) is 9.88 Å². The number of aliphatic imine (C=N–C) groups is 1. The average molecular weight is 465 g/mol. The van der Waals surface area contributed by atoms with Crippen molar-refractivity contribution in [2.24, 2.45) is 4.99 Å². The number of alkyl halides is 3. The summed E-state index contributed by atoms with van der Waals surface area (Å²) in [7, 11) is 3.38. The molecule has 0 amide bonds. The van der Waals surface area contributed by atoms with E-state index in [2.05, 4.69) is 25.1 Å².